The Morgan fingerprint density at radius 2 is 2.19 bits per heavy atom. The molecule has 0 bridgehead atoms. The number of nitrogens with two attached hydrogens (primary N) is 1. The van der Waals surface area contributed by atoms with Crippen LogP contribution < -0.4 is 10.6 Å². The first-order valence-electron chi connectivity index (χ1n) is 4.93. The van der Waals surface area contributed by atoms with Gasteiger partial charge in [-0.2, -0.15) is 0 Å². The molecule has 0 spiro atoms. The average molecular weight is 242 g/mol. The van der Waals surface area contributed by atoms with E-state index in [9.17, 15) is 9.59 Å². The number of carbonyl (C=O) groups is 2. The molecule has 5 nitrogen and oxygen atoms in total. The summed E-state index contributed by atoms with van der Waals surface area (Å²) in [4.78, 5) is 24.1. The smallest absolute Gasteiger partial charge is 0.341 e. The maximum Gasteiger partial charge on any atom is 0.341 e. The number of hydrogen-bond acceptors (Lipinski definition) is 4. The van der Waals surface area contributed by atoms with Crippen molar-refractivity contribution in [1.82, 2.24) is 0 Å². The molecule has 0 unspecified atom stereocenters. The van der Waals surface area contributed by atoms with E-state index in [0.717, 1.165) is 0 Å². The van der Waals surface area contributed by atoms with Crippen LogP contribution in [-0.2, 0) is 4.74 Å². The van der Waals surface area contributed by atoms with Gasteiger partial charge in [-0.05, 0) is 25.3 Å². The number of amides is 2. The second-order valence-electron chi connectivity index (χ2n) is 2.94. The Bertz CT molecular complexity index is 389. The Balaban J connectivity index is 3.01. The van der Waals surface area contributed by atoms with Gasteiger partial charge in [0.1, 0.15) is 5.00 Å². The third-order valence-corrected chi connectivity index (χ3v) is 2.90. The SMILES string of the molecule is CCOC(=O)c1ccsc1N(CC)C(N)=O. The molecule has 1 aromatic heterocycles. The third-order valence-electron chi connectivity index (χ3n) is 1.97. The molecule has 6 heteroatoms. The Kier molecular flexibility index (Phi) is 4.30. The fourth-order valence-corrected chi connectivity index (χ4v) is 2.23. The van der Waals surface area contributed by atoms with Gasteiger partial charge in [-0.1, -0.05) is 0 Å². The van der Waals surface area contributed by atoms with Crippen LogP contribution in [0.4, 0.5) is 9.80 Å². The van der Waals surface area contributed by atoms with Crippen LogP contribution in [0.5, 0.6) is 0 Å². The van der Waals surface area contributed by atoms with E-state index in [1.807, 2.05) is 0 Å². The van der Waals surface area contributed by atoms with Crippen LogP contribution in [0.3, 0.4) is 0 Å². The molecule has 2 amide bonds. The highest BCUT2D eigenvalue weighted by atomic mass is 32.1. The fourth-order valence-electron chi connectivity index (χ4n) is 1.27. The Morgan fingerprint density at radius 3 is 2.69 bits per heavy atom. The quantitative estimate of drug-likeness (QED) is 0.819. The van der Waals surface area contributed by atoms with Crippen molar-refractivity contribution in [2.75, 3.05) is 18.1 Å². The minimum atomic E-state index is -0.574. The van der Waals surface area contributed by atoms with Gasteiger partial charge in [-0.3, -0.25) is 4.90 Å². The number of anilines is 1. The van der Waals surface area contributed by atoms with Crippen LogP contribution in [0.2, 0.25) is 0 Å². The number of nitrogens with zero attached hydrogens (tertiary/aromatic N) is 1. The molecule has 0 radical (unpaired) electrons. The van der Waals surface area contributed by atoms with Crippen molar-refractivity contribution in [3.05, 3.63) is 17.0 Å². The number of esters is 1. The van der Waals surface area contributed by atoms with E-state index in [4.69, 9.17) is 10.5 Å². The van der Waals surface area contributed by atoms with E-state index in [0.29, 0.717) is 23.7 Å². The maximum absolute atomic E-state index is 11.6. The lowest BCUT2D eigenvalue weighted by molar-refractivity contribution is 0.0528. The summed E-state index contributed by atoms with van der Waals surface area (Å²) in [6.07, 6.45) is 0. The number of thiophene rings is 1. The van der Waals surface area contributed by atoms with E-state index in [-0.39, 0.29) is 0 Å². The lowest BCUT2D eigenvalue weighted by Crippen LogP contribution is -2.35. The Morgan fingerprint density at radius 1 is 1.50 bits per heavy atom. The number of ether oxygens (including phenoxy) is 1. The van der Waals surface area contributed by atoms with Crippen molar-refractivity contribution < 1.29 is 14.3 Å². The molecular weight excluding hydrogens is 228 g/mol. The summed E-state index contributed by atoms with van der Waals surface area (Å²) in [5.41, 5.74) is 5.60. The molecule has 88 valence electrons. The molecule has 2 N–H and O–H groups in total. The van der Waals surface area contributed by atoms with E-state index in [1.54, 1.807) is 25.3 Å². The highest BCUT2D eigenvalue weighted by Gasteiger charge is 2.20. The first-order chi connectivity index (χ1) is 7.61. The molecular formula is C10H14N2O3S. The largest absolute Gasteiger partial charge is 0.462 e. The zero-order valence-electron chi connectivity index (χ0n) is 9.23. The van der Waals surface area contributed by atoms with Crippen molar-refractivity contribution in [1.29, 1.82) is 0 Å². The Hall–Kier alpha value is -1.56. The molecule has 0 aliphatic carbocycles. The van der Waals surface area contributed by atoms with Crippen LogP contribution in [0, 0.1) is 0 Å². The van der Waals surface area contributed by atoms with Crippen molar-refractivity contribution in [3.8, 4) is 0 Å². The zero-order valence-corrected chi connectivity index (χ0v) is 10.0. The van der Waals surface area contributed by atoms with E-state index in [2.05, 4.69) is 0 Å². The molecule has 0 saturated heterocycles. The monoisotopic (exact) mass is 242 g/mol. The van der Waals surface area contributed by atoms with Gasteiger partial charge in [-0.15, -0.1) is 11.3 Å². The normalized spacial score (nSPS) is 9.88. The van der Waals surface area contributed by atoms with E-state index < -0.39 is 12.0 Å². The molecule has 0 aliphatic rings. The standard InChI is InChI=1S/C10H14N2O3S/c1-3-12(10(11)14)8-7(5-6-16-8)9(13)15-4-2/h5-6H,3-4H2,1-2H3,(H2,11,14). The van der Waals surface area contributed by atoms with Gasteiger partial charge >= 0.3 is 12.0 Å². The van der Waals surface area contributed by atoms with Crippen LogP contribution in [0.25, 0.3) is 0 Å². The highest BCUT2D eigenvalue weighted by Crippen LogP contribution is 2.28. The van der Waals surface area contributed by atoms with Gasteiger partial charge in [0.05, 0.1) is 12.2 Å². The molecule has 1 heterocycles. The number of urea groups is 1. The van der Waals surface area contributed by atoms with Crippen molar-refractivity contribution >= 4 is 28.3 Å². The number of hydrogen-bond donors (Lipinski definition) is 1. The summed E-state index contributed by atoms with van der Waals surface area (Å²) in [6, 6.07) is 1.05. The zero-order chi connectivity index (χ0) is 12.1. The van der Waals surface area contributed by atoms with Crippen LogP contribution in [0.15, 0.2) is 11.4 Å². The maximum atomic E-state index is 11.6. The summed E-state index contributed by atoms with van der Waals surface area (Å²) in [5.74, 6) is -0.432. The predicted molar refractivity (Wildman–Crippen MR) is 62.9 cm³/mol. The van der Waals surface area contributed by atoms with Crippen LogP contribution in [0.1, 0.15) is 24.2 Å². The first-order valence-corrected chi connectivity index (χ1v) is 5.81. The Labute approximate surface area is 97.8 Å². The molecule has 0 aromatic carbocycles. The number of primary amides is 1. The van der Waals surface area contributed by atoms with Gasteiger partial charge in [-0.25, -0.2) is 9.59 Å². The lowest BCUT2D eigenvalue weighted by Gasteiger charge is -2.17. The van der Waals surface area contributed by atoms with Crippen LogP contribution in [-0.4, -0.2) is 25.2 Å². The van der Waals surface area contributed by atoms with Crippen molar-refractivity contribution in [3.63, 3.8) is 0 Å². The second-order valence-corrected chi connectivity index (χ2v) is 3.84. The molecule has 0 atom stereocenters. The summed E-state index contributed by atoms with van der Waals surface area (Å²) < 4.78 is 4.89. The van der Waals surface area contributed by atoms with E-state index in [1.165, 1.54) is 16.2 Å². The minimum absolute atomic E-state index is 0.302. The molecule has 0 saturated carbocycles. The predicted octanol–water partition coefficient (Wildman–Crippen LogP) is 1.83. The van der Waals surface area contributed by atoms with Crippen LogP contribution >= 0.6 is 11.3 Å². The summed E-state index contributed by atoms with van der Waals surface area (Å²) in [7, 11) is 0. The molecule has 0 fully saturated rings. The van der Waals surface area contributed by atoms with E-state index >= 15 is 0 Å². The van der Waals surface area contributed by atoms with Crippen molar-refractivity contribution in [2.45, 2.75) is 13.8 Å². The summed E-state index contributed by atoms with van der Waals surface area (Å²) >= 11 is 1.29. The highest BCUT2D eigenvalue weighted by molar-refractivity contribution is 7.14. The molecule has 16 heavy (non-hydrogen) atoms. The minimum Gasteiger partial charge on any atom is -0.462 e. The summed E-state index contributed by atoms with van der Waals surface area (Å²) in [5, 5.41) is 2.26. The van der Waals surface area contributed by atoms with Gasteiger partial charge < -0.3 is 10.5 Å². The van der Waals surface area contributed by atoms with Gasteiger partial charge in [0.25, 0.3) is 0 Å². The van der Waals surface area contributed by atoms with Gasteiger partial charge in [0.2, 0.25) is 0 Å². The number of carbonyl (C=O) groups excluding carboxylic acids is 2. The first kappa shape index (κ1) is 12.5. The summed E-state index contributed by atoms with van der Waals surface area (Å²) in [6.45, 7) is 4.24. The lowest BCUT2D eigenvalue weighted by atomic mass is 10.3. The fraction of sp³-hybridized carbons (Fsp3) is 0.400. The van der Waals surface area contributed by atoms with Gasteiger partial charge in [0.15, 0.2) is 0 Å². The average Bonchev–Trinajstić information content (AvgIpc) is 2.67. The molecule has 0 aliphatic heterocycles. The third kappa shape index (κ3) is 2.52. The molecule has 1 rings (SSSR count). The second kappa shape index (κ2) is 5.50. The molecule has 1 aromatic rings. The topological polar surface area (TPSA) is 72.6 Å². The van der Waals surface area contributed by atoms with Crippen molar-refractivity contribution in [2.24, 2.45) is 5.73 Å². The van der Waals surface area contributed by atoms with Gasteiger partial charge in [0, 0.05) is 6.54 Å². The number of rotatable bonds is 4.